The van der Waals surface area contributed by atoms with Crippen molar-refractivity contribution in [3.05, 3.63) is 64.7 Å². The van der Waals surface area contributed by atoms with Crippen molar-refractivity contribution in [2.45, 2.75) is 38.3 Å². The van der Waals surface area contributed by atoms with Crippen molar-refractivity contribution in [2.75, 3.05) is 32.2 Å². The molecule has 2 aromatic rings. The van der Waals surface area contributed by atoms with Crippen LogP contribution >= 0.6 is 0 Å². The molecule has 2 amide bonds. The Morgan fingerprint density at radius 1 is 1.05 bits per heavy atom. The average molecular weight is 578 g/mol. The molecule has 41 heavy (non-hydrogen) atoms. The highest BCUT2D eigenvalue weighted by Crippen LogP contribution is 2.58. The third kappa shape index (κ3) is 4.52. The van der Waals surface area contributed by atoms with Crippen LogP contribution in [-0.4, -0.2) is 77.4 Å². The summed E-state index contributed by atoms with van der Waals surface area (Å²) in [5, 5.41) is 23.5. The SMILES string of the molecule is CCC1(C(=O)O)C(COCCN2C(=O)c3ccccc3C2=O)NC(CF)C(C)(C(=O)O)C1c1c(F)ccc(N)c1F. The molecule has 0 aliphatic carbocycles. The maximum absolute atomic E-state index is 15.5. The first-order valence-corrected chi connectivity index (χ1v) is 12.9. The topological polar surface area (TPSA) is 159 Å². The van der Waals surface area contributed by atoms with Crippen molar-refractivity contribution in [2.24, 2.45) is 10.8 Å². The second-order valence-corrected chi connectivity index (χ2v) is 10.4. The highest BCUT2D eigenvalue weighted by atomic mass is 19.1. The van der Waals surface area contributed by atoms with Gasteiger partial charge in [0.05, 0.1) is 53.4 Å². The molecule has 1 fully saturated rings. The number of nitrogens with zero attached hydrogens (tertiary/aromatic N) is 1. The van der Waals surface area contributed by atoms with Gasteiger partial charge in [0.25, 0.3) is 11.8 Å². The molecule has 0 aromatic heterocycles. The van der Waals surface area contributed by atoms with Crippen molar-refractivity contribution in [1.29, 1.82) is 0 Å². The number of fused-ring (bicyclic) bond motifs is 1. The predicted octanol–water partition coefficient (Wildman–Crippen LogP) is 2.83. The van der Waals surface area contributed by atoms with Gasteiger partial charge in [-0.05, 0) is 37.6 Å². The number of nitrogens with two attached hydrogens (primary N) is 1. The molecule has 5 unspecified atom stereocenters. The first-order valence-electron chi connectivity index (χ1n) is 12.9. The zero-order chi connectivity index (χ0) is 30.3. The fourth-order valence-electron chi connectivity index (χ4n) is 6.26. The van der Waals surface area contributed by atoms with Crippen molar-refractivity contribution < 1.29 is 47.3 Å². The fourth-order valence-corrected chi connectivity index (χ4v) is 6.26. The Kier molecular flexibility index (Phi) is 8.14. The van der Waals surface area contributed by atoms with E-state index in [0.29, 0.717) is 0 Å². The molecule has 4 rings (SSSR count). The Hall–Kier alpha value is -3.97. The molecule has 2 heterocycles. The van der Waals surface area contributed by atoms with Crippen LogP contribution in [-0.2, 0) is 14.3 Å². The zero-order valence-electron chi connectivity index (χ0n) is 22.3. The van der Waals surface area contributed by atoms with Gasteiger partial charge >= 0.3 is 11.9 Å². The molecule has 5 atom stereocenters. The lowest BCUT2D eigenvalue weighted by Crippen LogP contribution is -2.72. The number of nitrogen functional groups attached to an aromatic ring is 1. The molecule has 5 N–H and O–H groups in total. The molecule has 0 bridgehead atoms. The molecular formula is C28H30F3N3O7. The lowest BCUT2D eigenvalue weighted by atomic mass is 9.51. The number of ether oxygens (including phenoxy) is 1. The Bertz CT molecular complexity index is 1370. The van der Waals surface area contributed by atoms with E-state index >= 15 is 8.78 Å². The molecule has 1 saturated heterocycles. The van der Waals surface area contributed by atoms with Crippen LogP contribution in [0.4, 0.5) is 18.9 Å². The quantitative estimate of drug-likeness (QED) is 0.189. The Labute approximate surface area is 233 Å². The minimum Gasteiger partial charge on any atom is -0.481 e. The summed E-state index contributed by atoms with van der Waals surface area (Å²) in [5.41, 5.74) is 0.178. The third-order valence-electron chi connectivity index (χ3n) is 8.53. The van der Waals surface area contributed by atoms with Gasteiger partial charge in [0.2, 0.25) is 0 Å². The van der Waals surface area contributed by atoms with Crippen LogP contribution in [0.15, 0.2) is 36.4 Å². The van der Waals surface area contributed by atoms with Gasteiger partial charge in [-0.15, -0.1) is 0 Å². The fraction of sp³-hybridized carbons (Fsp3) is 0.429. The minimum absolute atomic E-state index is 0.188. The minimum atomic E-state index is -2.34. The second-order valence-electron chi connectivity index (χ2n) is 10.4. The van der Waals surface area contributed by atoms with Gasteiger partial charge in [-0.3, -0.25) is 24.1 Å². The smallest absolute Gasteiger partial charge is 0.311 e. The van der Waals surface area contributed by atoms with Gasteiger partial charge in [-0.2, -0.15) is 0 Å². The number of hydrogen-bond donors (Lipinski definition) is 4. The number of piperidine rings is 1. The Balaban J connectivity index is 1.69. The summed E-state index contributed by atoms with van der Waals surface area (Å²) in [5.74, 6) is -8.78. The molecule has 0 spiro atoms. The number of rotatable bonds is 10. The normalized spacial score (nSPS) is 27.6. The van der Waals surface area contributed by atoms with E-state index in [1.54, 1.807) is 12.1 Å². The van der Waals surface area contributed by atoms with Gasteiger partial charge in [0, 0.05) is 17.5 Å². The summed E-state index contributed by atoms with van der Waals surface area (Å²) in [6.45, 7) is 0.242. The predicted molar refractivity (Wildman–Crippen MR) is 139 cm³/mol. The van der Waals surface area contributed by atoms with Crippen LogP contribution in [0, 0.1) is 22.5 Å². The number of anilines is 1. The van der Waals surface area contributed by atoms with E-state index in [1.807, 2.05) is 0 Å². The highest BCUT2D eigenvalue weighted by molar-refractivity contribution is 6.21. The number of halogens is 3. The molecule has 0 radical (unpaired) electrons. The third-order valence-corrected chi connectivity index (χ3v) is 8.53. The van der Waals surface area contributed by atoms with E-state index in [2.05, 4.69) is 5.32 Å². The maximum atomic E-state index is 15.5. The van der Waals surface area contributed by atoms with Crippen LogP contribution < -0.4 is 11.1 Å². The van der Waals surface area contributed by atoms with Gasteiger partial charge in [0.1, 0.15) is 12.5 Å². The molecule has 10 nitrogen and oxygen atoms in total. The largest absolute Gasteiger partial charge is 0.481 e. The van der Waals surface area contributed by atoms with Gasteiger partial charge < -0.3 is 26.0 Å². The highest BCUT2D eigenvalue weighted by Gasteiger charge is 2.67. The van der Waals surface area contributed by atoms with Crippen molar-refractivity contribution in [3.63, 3.8) is 0 Å². The van der Waals surface area contributed by atoms with E-state index < -0.39 is 88.8 Å². The number of amides is 2. The van der Waals surface area contributed by atoms with Crippen LogP contribution in [0.5, 0.6) is 0 Å². The van der Waals surface area contributed by atoms with E-state index in [0.717, 1.165) is 24.0 Å². The second kappa shape index (κ2) is 11.1. The summed E-state index contributed by atoms with van der Waals surface area (Å²) >= 11 is 0. The summed E-state index contributed by atoms with van der Waals surface area (Å²) in [7, 11) is 0. The number of carboxylic acid groups (broad SMARTS) is 2. The van der Waals surface area contributed by atoms with Gasteiger partial charge in [0.15, 0.2) is 5.82 Å². The molecule has 13 heteroatoms. The number of hydrogen-bond acceptors (Lipinski definition) is 7. The Morgan fingerprint density at radius 2 is 1.66 bits per heavy atom. The van der Waals surface area contributed by atoms with E-state index in [-0.39, 0.29) is 30.7 Å². The molecular weight excluding hydrogens is 547 g/mol. The number of benzene rings is 2. The number of alkyl halides is 1. The van der Waals surface area contributed by atoms with Crippen molar-refractivity contribution in [3.8, 4) is 0 Å². The van der Waals surface area contributed by atoms with E-state index in [4.69, 9.17) is 10.5 Å². The lowest BCUT2D eigenvalue weighted by molar-refractivity contribution is -0.175. The van der Waals surface area contributed by atoms with E-state index in [9.17, 15) is 33.8 Å². The van der Waals surface area contributed by atoms with Gasteiger partial charge in [-0.25, -0.2) is 13.2 Å². The first-order chi connectivity index (χ1) is 19.4. The molecule has 0 saturated carbocycles. The number of imide groups is 1. The average Bonchev–Trinajstić information content (AvgIpc) is 3.18. The van der Waals surface area contributed by atoms with Crippen LogP contribution in [0.25, 0.3) is 0 Å². The molecule has 2 aromatic carbocycles. The molecule has 2 aliphatic rings. The monoisotopic (exact) mass is 577 g/mol. The maximum Gasteiger partial charge on any atom is 0.311 e. The summed E-state index contributed by atoms with van der Waals surface area (Å²) in [6, 6.07) is 5.06. The van der Waals surface area contributed by atoms with E-state index in [1.165, 1.54) is 19.1 Å². The Morgan fingerprint density at radius 3 is 2.17 bits per heavy atom. The summed E-state index contributed by atoms with van der Waals surface area (Å²) < 4.78 is 50.9. The van der Waals surface area contributed by atoms with Crippen LogP contribution in [0.3, 0.4) is 0 Å². The van der Waals surface area contributed by atoms with Gasteiger partial charge in [-0.1, -0.05) is 19.1 Å². The first kappa shape index (κ1) is 30.0. The lowest BCUT2D eigenvalue weighted by Gasteiger charge is -2.56. The summed E-state index contributed by atoms with van der Waals surface area (Å²) in [6.07, 6.45) is -0.331. The zero-order valence-corrected chi connectivity index (χ0v) is 22.3. The van der Waals surface area contributed by atoms with Crippen molar-refractivity contribution >= 4 is 29.4 Å². The number of carbonyl (C=O) groups excluding carboxylic acids is 2. The number of aliphatic carboxylic acids is 2. The molecule has 2 aliphatic heterocycles. The number of carboxylic acids is 2. The standard InChI is InChI=1S/C28H30F3N3O7/c1-3-28(26(39)40)19(13-41-11-10-34-23(35)14-6-4-5-7-15(14)24(34)36)33-18(12-29)27(2,25(37)38)22(28)20-16(30)8-9-17(32)21(20)31/h4-9,18-19,22,33H,3,10-13,32H2,1-2H3,(H,37,38)(H,39,40). The number of carbonyl (C=O) groups is 4. The summed E-state index contributed by atoms with van der Waals surface area (Å²) in [4.78, 5) is 51.9. The molecule has 220 valence electrons. The van der Waals surface area contributed by atoms with Crippen molar-refractivity contribution in [1.82, 2.24) is 10.2 Å². The van der Waals surface area contributed by atoms with Crippen LogP contribution in [0.2, 0.25) is 0 Å². The van der Waals surface area contributed by atoms with Crippen LogP contribution in [0.1, 0.15) is 52.5 Å². The number of nitrogens with one attached hydrogen (secondary N) is 1.